The van der Waals surface area contributed by atoms with E-state index in [0.717, 1.165) is 5.56 Å². The number of rotatable bonds is 3. The third-order valence-electron chi connectivity index (χ3n) is 3.68. The first kappa shape index (κ1) is 17.5. The Bertz CT molecular complexity index is 946. The van der Waals surface area contributed by atoms with Gasteiger partial charge in [0.15, 0.2) is 6.17 Å². The van der Waals surface area contributed by atoms with E-state index in [1.54, 1.807) is 24.3 Å². The predicted molar refractivity (Wildman–Crippen MR) is 95.5 cm³/mol. The van der Waals surface area contributed by atoms with Crippen LogP contribution in [0, 0.1) is 6.92 Å². The number of fused-ring (bicyclic) bond motifs is 1. The molecule has 3 rings (SSSR count). The molecule has 7 nitrogen and oxygen atoms in total. The normalized spacial score (nSPS) is 18.0. The van der Waals surface area contributed by atoms with Gasteiger partial charge in [-0.25, -0.2) is 8.42 Å². The third kappa shape index (κ3) is 3.55. The number of carbonyl (C=O) groups excluding carboxylic acids is 1. The lowest BCUT2D eigenvalue weighted by atomic mass is 10.2. The van der Waals surface area contributed by atoms with Crippen LogP contribution in [-0.4, -0.2) is 27.6 Å². The lowest BCUT2D eigenvalue weighted by Crippen LogP contribution is -2.51. The van der Waals surface area contributed by atoms with Gasteiger partial charge in [0.2, 0.25) is 10.0 Å². The number of hydrogen-bond donors (Lipinski definition) is 3. The van der Waals surface area contributed by atoms with Crippen molar-refractivity contribution in [3.8, 4) is 5.75 Å². The summed E-state index contributed by atoms with van der Waals surface area (Å²) in [5.74, 6) is -0.177. The Morgan fingerprint density at radius 1 is 1.24 bits per heavy atom. The molecule has 0 aliphatic carbocycles. The number of methoxy groups -OCH3 is 1. The lowest BCUT2D eigenvalue weighted by molar-refractivity contribution is -0.117. The summed E-state index contributed by atoms with van der Waals surface area (Å²) >= 11 is 5.94. The fourth-order valence-corrected chi connectivity index (χ4v) is 3.93. The molecule has 1 atom stereocenters. The summed E-state index contributed by atoms with van der Waals surface area (Å²) in [4.78, 5) is 12.6. The largest absolute Gasteiger partial charge is 0.495 e. The number of amides is 1. The summed E-state index contributed by atoms with van der Waals surface area (Å²) in [5, 5.41) is 5.92. The van der Waals surface area contributed by atoms with Crippen LogP contribution in [0.1, 0.15) is 5.56 Å². The van der Waals surface area contributed by atoms with Gasteiger partial charge in [-0.2, -0.15) is 4.72 Å². The van der Waals surface area contributed by atoms with Crippen LogP contribution in [0.15, 0.2) is 41.3 Å². The van der Waals surface area contributed by atoms with Crippen molar-refractivity contribution in [3.05, 3.63) is 47.0 Å². The highest BCUT2D eigenvalue weighted by Gasteiger charge is 2.33. The lowest BCUT2D eigenvalue weighted by Gasteiger charge is -2.27. The molecule has 2 aromatic carbocycles. The number of aryl methyl sites for hydroxylation is 1. The van der Waals surface area contributed by atoms with Crippen LogP contribution in [0.4, 0.5) is 11.4 Å². The summed E-state index contributed by atoms with van der Waals surface area (Å²) < 4.78 is 32.2. The van der Waals surface area contributed by atoms with Gasteiger partial charge in [0.25, 0.3) is 5.91 Å². The SMILES string of the molecule is COc1ccc(Cl)cc1NC(=O)[C@@H]1Nc2cc(C)ccc2S(=O)(=O)N1. The maximum atomic E-state index is 12.5. The molecule has 0 saturated heterocycles. The quantitative estimate of drug-likeness (QED) is 0.758. The van der Waals surface area contributed by atoms with Gasteiger partial charge < -0.3 is 15.4 Å². The zero-order valence-electron chi connectivity index (χ0n) is 13.5. The summed E-state index contributed by atoms with van der Waals surface area (Å²) in [6.45, 7) is 1.84. The molecule has 0 aromatic heterocycles. The minimum atomic E-state index is -3.80. The molecule has 2 aromatic rings. The van der Waals surface area contributed by atoms with Crippen LogP contribution in [0.3, 0.4) is 0 Å². The summed E-state index contributed by atoms with van der Waals surface area (Å²) in [5.41, 5.74) is 1.59. The van der Waals surface area contributed by atoms with Crippen molar-refractivity contribution in [1.29, 1.82) is 0 Å². The number of hydrogen-bond acceptors (Lipinski definition) is 5. The molecule has 0 saturated carbocycles. The van der Waals surface area contributed by atoms with Crippen molar-refractivity contribution >= 4 is 38.9 Å². The maximum absolute atomic E-state index is 12.5. The molecule has 132 valence electrons. The average Bonchev–Trinajstić information content (AvgIpc) is 2.53. The number of halogens is 1. The minimum Gasteiger partial charge on any atom is -0.495 e. The van der Waals surface area contributed by atoms with Crippen LogP contribution in [0.25, 0.3) is 0 Å². The Morgan fingerprint density at radius 2 is 2.00 bits per heavy atom. The Labute approximate surface area is 150 Å². The number of carbonyl (C=O) groups is 1. The molecule has 9 heteroatoms. The van der Waals surface area contributed by atoms with Crippen molar-refractivity contribution in [2.75, 3.05) is 17.7 Å². The van der Waals surface area contributed by atoms with Crippen molar-refractivity contribution in [1.82, 2.24) is 4.72 Å². The molecule has 3 N–H and O–H groups in total. The Kier molecular flexibility index (Phi) is 4.59. The second-order valence-electron chi connectivity index (χ2n) is 5.53. The van der Waals surface area contributed by atoms with Gasteiger partial charge in [0.05, 0.1) is 18.5 Å². The standard InChI is InChI=1S/C16H16ClN3O4S/c1-9-3-6-14-12(7-9)18-15(20-25(14,22)23)16(21)19-11-8-10(17)4-5-13(11)24-2/h3-8,15,18,20H,1-2H3,(H,19,21)/t15-/m1/s1. The van der Waals surface area contributed by atoms with Gasteiger partial charge in [-0.05, 0) is 42.8 Å². The van der Waals surface area contributed by atoms with Gasteiger partial charge in [-0.1, -0.05) is 17.7 Å². The van der Waals surface area contributed by atoms with E-state index in [4.69, 9.17) is 16.3 Å². The highest BCUT2D eigenvalue weighted by molar-refractivity contribution is 7.89. The van der Waals surface area contributed by atoms with E-state index < -0.39 is 22.1 Å². The van der Waals surface area contributed by atoms with Crippen molar-refractivity contribution in [3.63, 3.8) is 0 Å². The zero-order valence-corrected chi connectivity index (χ0v) is 15.0. The molecule has 0 radical (unpaired) electrons. The smallest absolute Gasteiger partial charge is 0.263 e. The molecule has 0 unspecified atom stereocenters. The fraction of sp³-hybridized carbons (Fsp3) is 0.188. The molecule has 1 amide bonds. The number of benzene rings is 2. The van der Waals surface area contributed by atoms with E-state index in [9.17, 15) is 13.2 Å². The summed E-state index contributed by atoms with van der Waals surface area (Å²) in [6.07, 6.45) is -1.16. The molecule has 0 bridgehead atoms. The average molecular weight is 382 g/mol. The Balaban J connectivity index is 1.88. The number of nitrogens with one attached hydrogen (secondary N) is 3. The summed E-state index contributed by atoms with van der Waals surface area (Å²) in [6, 6.07) is 9.61. The molecule has 25 heavy (non-hydrogen) atoms. The third-order valence-corrected chi connectivity index (χ3v) is 5.40. The first-order chi connectivity index (χ1) is 11.8. The highest BCUT2D eigenvalue weighted by Crippen LogP contribution is 2.30. The van der Waals surface area contributed by atoms with Crippen LogP contribution >= 0.6 is 11.6 Å². The van der Waals surface area contributed by atoms with Crippen LogP contribution in [0.5, 0.6) is 5.75 Å². The highest BCUT2D eigenvalue weighted by atomic mass is 35.5. The second kappa shape index (κ2) is 6.55. The molecule has 0 fully saturated rings. The van der Waals surface area contributed by atoms with E-state index in [2.05, 4.69) is 15.4 Å². The van der Waals surface area contributed by atoms with Crippen LogP contribution in [0.2, 0.25) is 5.02 Å². The fourth-order valence-electron chi connectivity index (χ4n) is 2.50. The van der Waals surface area contributed by atoms with Gasteiger partial charge in [0, 0.05) is 5.02 Å². The molecular formula is C16H16ClN3O4S. The molecule has 0 spiro atoms. The van der Waals surface area contributed by atoms with Gasteiger partial charge in [-0.3, -0.25) is 4.79 Å². The van der Waals surface area contributed by atoms with Gasteiger partial charge in [-0.15, -0.1) is 0 Å². The van der Waals surface area contributed by atoms with Crippen LogP contribution < -0.4 is 20.1 Å². The van der Waals surface area contributed by atoms with E-state index in [1.807, 2.05) is 6.92 Å². The number of ether oxygens (including phenoxy) is 1. The first-order valence-electron chi connectivity index (χ1n) is 7.34. The molecule has 1 aliphatic rings. The van der Waals surface area contributed by atoms with E-state index in [1.165, 1.54) is 19.2 Å². The van der Waals surface area contributed by atoms with Gasteiger partial charge in [0.1, 0.15) is 10.6 Å². The minimum absolute atomic E-state index is 0.0995. The predicted octanol–water partition coefficient (Wildman–Crippen LogP) is 2.33. The van der Waals surface area contributed by atoms with E-state index in [-0.39, 0.29) is 4.90 Å². The Hall–Kier alpha value is -2.29. The Morgan fingerprint density at radius 3 is 2.72 bits per heavy atom. The number of anilines is 2. The second-order valence-corrected chi connectivity index (χ2v) is 7.65. The molecule has 1 aliphatic heterocycles. The summed E-state index contributed by atoms with van der Waals surface area (Å²) in [7, 11) is -2.34. The van der Waals surface area contributed by atoms with Gasteiger partial charge >= 0.3 is 0 Å². The van der Waals surface area contributed by atoms with E-state index in [0.29, 0.717) is 22.1 Å². The number of sulfonamides is 1. The van der Waals surface area contributed by atoms with Crippen molar-refractivity contribution in [2.45, 2.75) is 18.0 Å². The molecule has 1 heterocycles. The van der Waals surface area contributed by atoms with Crippen LogP contribution in [-0.2, 0) is 14.8 Å². The maximum Gasteiger partial charge on any atom is 0.263 e. The molecular weight excluding hydrogens is 366 g/mol. The topological polar surface area (TPSA) is 96.5 Å². The van der Waals surface area contributed by atoms with Crippen molar-refractivity contribution in [2.24, 2.45) is 0 Å². The first-order valence-corrected chi connectivity index (χ1v) is 9.20. The van der Waals surface area contributed by atoms with E-state index >= 15 is 0 Å². The zero-order chi connectivity index (χ0) is 18.2. The van der Waals surface area contributed by atoms with Crippen molar-refractivity contribution < 1.29 is 17.9 Å². The monoisotopic (exact) mass is 381 g/mol.